The van der Waals surface area contributed by atoms with Crippen molar-refractivity contribution in [3.63, 3.8) is 0 Å². The number of aromatic amines is 2. The third-order valence-corrected chi connectivity index (χ3v) is 10.3. The molecule has 2 fully saturated rings. The van der Waals surface area contributed by atoms with Gasteiger partial charge in [-0.2, -0.15) is 0 Å². The summed E-state index contributed by atoms with van der Waals surface area (Å²) in [4.78, 5) is 46.6. The molecule has 0 aliphatic carbocycles. The van der Waals surface area contributed by atoms with Crippen LogP contribution in [-0.4, -0.2) is 68.4 Å². The lowest BCUT2D eigenvalue weighted by molar-refractivity contribution is -0.134. The van der Waals surface area contributed by atoms with Gasteiger partial charge in [-0.3, -0.25) is 9.59 Å². The summed E-state index contributed by atoms with van der Waals surface area (Å²) in [5, 5.41) is 0. The van der Waals surface area contributed by atoms with Crippen molar-refractivity contribution in [3.8, 4) is 45.1 Å². The normalized spacial score (nSPS) is 16.9. The van der Waals surface area contributed by atoms with Gasteiger partial charge in [-0.25, -0.2) is 9.97 Å². The number of imidazole rings is 2. The minimum absolute atomic E-state index is 0.0344. The number of benzene rings is 4. The van der Waals surface area contributed by atoms with E-state index in [0.29, 0.717) is 24.5 Å². The average molecular weight is 707 g/mol. The zero-order valence-corrected chi connectivity index (χ0v) is 29.7. The molecule has 2 aliphatic rings. The fraction of sp³-hybridized carbons (Fsp3) is 0.256. The highest BCUT2D eigenvalue weighted by molar-refractivity contribution is 5.80. The van der Waals surface area contributed by atoms with Crippen molar-refractivity contribution in [2.24, 2.45) is 0 Å². The van der Waals surface area contributed by atoms with Gasteiger partial charge in [0.2, 0.25) is 5.91 Å². The van der Waals surface area contributed by atoms with E-state index in [2.05, 4.69) is 58.5 Å². The Morgan fingerprint density at radius 3 is 1.68 bits per heavy atom. The van der Waals surface area contributed by atoms with Gasteiger partial charge < -0.3 is 29.2 Å². The maximum absolute atomic E-state index is 13.2. The molecule has 0 spiro atoms. The van der Waals surface area contributed by atoms with Gasteiger partial charge in [0.1, 0.15) is 11.6 Å². The Hall–Kier alpha value is -6.16. The van der Waals surface area contributed by atoms with E-state index >= 15 is 0 Å². The summed E-state index contributed by atoms with van der Waals surface area (Å²) in [7, 11) is 1.58. The Kier molecular flexibility index (Phi) is 9.75. The van der Waals surface area contributed by atoms with Gasteiger partial charge in [-0.15, -0.1) is 0 Å². The predicted octanol–water partition coefficient (Wildman–Crippen LogP) is 7.79. The standard InChI is InChI=1S/C43H42N6O4/c1-52-38-13-5-6-14-39(38)53-28-41(51)49-24-8-12-37(49)43-45-27-35(47-43)33-21-17-31(18-22-33)30-15-19-32(20-16-30)34-26-44-42(46-34)36-11-7-23-48(36)40(50)25-29-9-3-2-4-10-29/h2-6,9-10,13-22,26-27,36-37H,7-8,11-12,23-25,28H2,1H3,(H,44,46)(H,45,47)/t36-,37-/m0/s1. The Morgan fingerprint density at radius 1 is 0.642 bits per heavy atom. The Labute approximate surface area is 308 Å². The van der Waals surface area contributed by atoms with E-state index < -0.39 is 0 Å². The molecule has 268 valence electrons. The van der Waals surface area contributed by atoms with Crippen molar-refractivity contribution in [2.75, 3.05) is 26.8 Å². The second-order valence-corrected chi connectivity index (χ2v) is 13.6. The fourth-order valence-electron chi connectivity index (χ4n) is 7.52. The number of methoxy groups -OCH3 is 1. The number of hydrogen-bond donors (Lipinski definition) is 2. The van der Waals surface area contributed by atoms with Gasteiger partial charge in [0.05, 0.1) is 49.4 Å². The number of nitrogens with zero attached hydrogens (tertiary/aromatic N) is 4. The van der Waals surface area contributed by atoms with Gasteiger partial charge in [0.25, 0.3) is 5.91 Å². The molecular formula is C43H42N6O4. The molecule has 10 heteroatoms. The molecular weight excluding hydrogens is 665 g/mol. The molecule has 2 saturated heterocycles. The maximum atomic E-state index is 13.2. The van der Waals surface area contributed by atoms with Crippen molar-refractivity contribution in [1.29, 1.82) is 0 Å². The van der Waals surface area contributed by atoms with Crippen LogP contribution < -0.4 is 9.47 Å². The van der Waals surface area contributed by atoms with Crippen molar-refractivity contribution in [2.45, 2.75) is 44.2 Å². The summed E-state index contributed by atoms with van der Waals surface area (Å²) in [5.41, 5.74) is 7.14. The topological polar surface area (TPSA) is 116 Å². The molecule has 2 aliphatic heterocycles. The summed E-state index contributed by atoms with van der Waals surface area (Å²) in [6.45, 7) is 1.36. The van der Waals surface area contributed by atoms with Gasteiger partial charge in [0, 0.05) is 13.1 Å². The van der Waals surface area contributed by atoms with Gasteiger partial charge >= 0.3 is 0 Å². The Morgan fingerprint density at radius 2 is 1.13 bits per heavy atom. The van der Waals surface area contributed by atoms with Crippen molar-refractivity contribution >= 4 is 11.8 Å². The number of hydrogen-bond acceptors (Lipinski definition) is 6. The molecule has 10 nitrogen and oxygen atoms in total. The summed E-state index contributed by atoms with van der Waals surface area (Å²) in [6.07, 6.45) is 7.74. The number of nitrogens with one attached hydrogen (secondary N) is 2. The highest BCUT2D eigenvalue weighted by Gasteiger charge is 2.33. The number of amides is 2. The van der Waals surface area contributed by atoms with Gasteiger partial charge in [-0.1, -0.05) is 91.0 Å². The number of carbonyl (C=O) groups excluding carboxylic acids is 2. The number of rotatable bonds is 11. The van der Waals surface area contributed by atoms with Crippen molar-refractivity contribution in [1.82, 2.24) is 29.7 Å². The van der Waals surface area contributed by atoms with Gasteiger partial charge in [-0.05, 0) is 65.6 Å². The monoisotopic (exact) mass is 706 g/mol. The molecule has 6 aromatic rings. The molecule has 0 radical (unpaired) electrons. The second kappa shape index (κ2) is 15.2. The van der Waals surface area contributed by atoms with Crippen LogP contribution in [0, 0.1) is 0 Å². The quantitative estimate of drug-likeness (QED) is 0.142. The summed E-state index contributed by atoms with van der Waals surface area (Å²) in [6, 6.07) is 33.9. The number of aromatic nitrogens is 4. The molecule has 2 atom stereocenters. The molecule has 4 aromatic carbocycles. The first-order valence-corrected chi connectivity index (χ1v) is 18.2. The SMILES string of the molecule is COc1ccccc1OCC(=O)N1CCC[C@H]1c1ncc(-c2ccc(-c3ccc(-c4cnc([C@@H]5CCCN5C(=O)Cc5ccccc5)[nH]4)cc3)cc2)[nH]1. The summed E-state index contributed by atoms with van der Waals surface area (Å²) in [5.74, 6) is 2.83. The molecule has 0 unspecified atom stereocenters. The molecule has 2 amide bonds. The van der Waals surface area contributed by atoms with E-state index in [9.17, 15) is 9.59 Å². The minimum Gasteiger partial charge on any atom is -0.493 e. The summed E-state index contributed by atoms with van der Waals surface area (Å²) < 4.78 is 11.2. The Balaban J connectivity index is 0.892. The Bertz CT molecular complexity index is 2180. The largest absolute Gasteiger partial charge is 0.493 e. The highest BCUT2D eigenvalue weighted by atomic mass is 16.5. The van der Waals surface area contributed by atoms with E-state index in [4.69, 9.17) is 19.4 Å². The van der Waals surface area contributed by atoms with E-state index in [-0.39, 0.29) is 30.5 Å². The molecule has 2 aromatic heterocycles. The van der Waals surface area contributed by atoms with Crippen LogP contribution in [0.3, 0.4) is 0 Å². The van der Waals surface area contributed by atoms with Crippen LogP contribution in [0.15, 0.2) is 116 Å². The van der Waals surface area contributed by atoms with Crippen LogP contribution in [0.1, 0.15) is 55.0 Å². The average Bonchev–Trinajstić information content (AvgIpc) is 4.04. The smallest absolute Gasteiger partial charge is 0.261 e. The molecule has 8 rings (SSSR count). The van der Waals surface area contributed by atoms with Gasteiger partial charge in [0.15, 0.2) is 18.1 Å². The molecule has 4 heterocycles. The zero-order chi connectivity index (χ0) is 36.1. The van der Waals surface area contributed by atoms with Crippen LogP contribution in [0.25, 0.3) is 33.6 Å². The third kappa shape index (κ3) is 7.30. The first-order valence-electron chi connectivity index (χ1n) is 18.2. The number of carbonyl (C=O) groups is 2. The van der Waals surface area contributed by atoms with Crippen LogP contribution in [0.2, 0.25) is 0 Å². The first-order chi connectivity index (χ1) is 26.0. The van der Waals surface area contributed by atoms with Crippen molar-refractivity contribution in [3.05, 3.63) is 133 Å². The lowest BCUT2D eigenvalue weighted by Gasteiger charge is -2.23. The third-order valence-electron chi connectivity index (χ3n) is 10.3. The summed E-state index contributed by atoms with van der Waals surface area (Å²) >= 11 is 0. The minimum atomic E-state index is -0.125. The maximum Gasteiger partial charge on any atom is 0.261 e. The van der Waals surface area contributed by atoms with Crippen LogP contribution in [0.4, 0.5) is 0 Å². The second-order valence-electron chi connectivity index (χ2n) is 13.6. The number of para-hydroxylation sites is 2. The van der Waals surface area contributed by atoms with E-state index in [1.807, 2.05) is 70.7 Å². The molecule has 2 N–H and O–H groups in total. The van der Waals surface area contributed by atoms with Crippen LogP contribution in [-0.2, 0) is 16.0 Å². The van der Waals surface area contributed by atoms with Crippen LogP contribution >= 0.6 is 0 Å². The predicted molar refractivity (Wildman–Crippen MR) is 203 cm³/mol. The van der Waals surface area contributed by atoms with Crippen molar-refractivity contribution < 1.29 is 19.1 Å². The highest BCUT2D eigenvalue weighted by Crippen LogP contribution is 2.35. The lowest BCUT2D eigenvalue weighted by atomic mass is 10.0. The molecule has 0 saturated carbocycles. The van der Waals surface area contributed by atoms with Crippen LogP contribution in [0.5, 0.6) is 11.5 Å². The number of ether oxygens (including phenoxy) is 2. The molecule has 0 bridgehead atoms. The first kappa shape index (κ1) is 34.0. The van der Waals surface area contributed by atoms with E-state index in [1.165, 1.54) is 0 Å². The number of H-pyrrole nitrogens is 2. The molecule has 53 heavy (non-hydrogen) atoms. The fourth-order valence-corrected chi connectivity index (χ4v) is 7.52. The van der Waals surface area contributed by atoms with E-state index in [1.54, 1.807) is 13.2 Å². The number of likely N-dealkylation sites (tertiary alicyclic amines) is 2. The van der Waals surface area contributed by atoms with E-state index in [0.717, 1.165) is 83.1 Å². The zero-order valence-electron chi connectivity index (χ0n) is 29.7. The lowest BCUT2D eigenvalue weighted by Crippen LogP contribution is -2.34.